The molecule has 1 saturated carbocycles. The average Bonchev–Trinajstić information content (AvgIpc) is 3.31. The van der Waals surface area contributed by atoms with Crippen LogP contribution in [0.1, 0.15) is 48.3 Å². The van der Waals surface area contributed by atoms with Gasteiger partial charge in [0.1, 0.15) is 11.7 Å². The van der Waals surface area contributed by atoms with Gasteiger partial charge in [0, 0.05) is 5.92 Å². The van der Waals surface area contributed by atoms with Gasteiger partial charge in [0.25, 0.3) is 5.91 Å². The van der Waals surface area contributed by atoms with Crippen molar-refractivity contribution in [3.63, 3.8) is 0 Å². The van der Waals surface area contributed by atoms with E-state index in [1.165, 1.54) is 0 Å². The number of rotatable bonds is 6. The molecule has 0 spiro atoms. The summed E-state index contributed by atoms with van der Waals surface area (Å²) in [6.45, 7) is 1.73. The monoisotopic (exact) mass is 313 g/mol. The smallest absolute Gasteiger partial charge is 0.326 e. The van der Waals surface area contributed by atoms with E-state index >= 15 is 0 Å². The van der Waals surface area contributed by atoms with Crippen molar-refractivity contribution in [2.45, 2.75) is 38.1 Å². The third-order valence-corrected chi connectivity index (χ3v) is 3.97. The SMILES string of the molecule is CCC(NC(=O)c1cc(C2CC2)nn1-c1ccccc1)C(=O)O. The molecule has 1 aliphatic rings. The normalized spacial score (nSPS) is 15.2. The minimum atomic E-state index is -1.03. The minimum absolute atomic E-state index is 0.329. The minimum Gasteiger partial charge on any atom is -0.480 e. The maximum Gasteiger partial charge on any atom is 0.326 e. The van der Waals surface area contributed by atoms with Crippen molar-refractivity contribution in [2.24, 2.45) is 0 Å². The molecule has 2 N–H and O–H groups in total. The third-order valence-electron chi connectivity index (χ3n) is 3.97. The highest BCUT2D eigenvalue weighted by Gasteiger charge is 2.30. The van der Waals surface area contributed by atoms with Crippen LogP contribution in [-0.4, -0.2) is 32.8 Å². The van der Waals surface area contributed by atoms with E-state index < -0.39 is 17.9 Å². The molecule has 1 unspecified atom stereocenters. The molecule has 1 aromatic heterocycles. The van der Waals surface area contributed by atoms with Crippen molar-refractivity contribution >= 4 is 11.9 Å². The van der Waals surface area contributed by atoms with Crippen LogP contribution < -0.4 is 5.32 Å². The van der Waals surface area contributed by atoms with Crippen LogP contribution in [0.2, 0.25) is 0 Å². The molecule has 6 heteroatoms. The van der Waals surface area contributed by atoms with Gasteiger partial charge >= 0.3 is 5.97 Å². The molecule has 23 heavy (non-hydrogen) atoms. The van der Waals surface area contributed by atoms with E-state index in [0.29, 0.717) is 18.0 Å². The Morgan fingerprint density at radius 1 is 1.35 bits per heavy atom. The topological polar surface area (TPSA) is 84.2 Å². The highest BCUT2D eigenvalue weighted by Crippen LogP contribution is 2.39. The predicted molar refractivity (Wildman–Crippen MR) is 84.7 cm³/mol. The first-order valence-corrected chi connectivity index (χ1v) is 7.79. The van der Waals surface area contributed by atoms with Crippen molar-refractivity contribution in [2.75, 3.05) is 0 Å². The lowest BCUT2D eigenvalue weighted by molar-refractivity contribution is -0.139. The van der Waals surface area contributed by atoms with Crippen LogP contribution in [0.4, 0.5) is 0 Å². The van der Waals surface area contributed by atoms with E-state index in [2.05, 4.69) is 10.4 Å². The Morgan fingerprint density at radius 3 is 2.61 bits per heavy atom. The summed E-state index contributed by atoms with van der Waals surface area (Å²) in [5.41, 5.74) is 2.05. The number of carbonyl (C=O) groups is 2. The Labute approximate surface area is 134 Å². The molecule has 0 bridgehead atoms. The lowest BCUT2D eigenvalue weighted by Crippen LogP contribution is -2.40. The number of carboxylic acids is 1. The molecule has 0 aliphatic heterocycles. The van der Waals surface area contributed by atoms with Gasteiger partial charge in [0.15, 0.2) is 0 Å². The fraction of sp³-hybridized carbons (Fsp3) is 0.353. The molecule has 0 radical (unpaired) electrons. The first-order valence-electron chi connectivity index (χ1n) is 7.79. The molecule has 120 valence electrons. The molecule has 3 rings (SSSR count). The highest BCUT2D eigenvalue weighted by atomic mass is 16.4. The fourth-order valence-electron chi connectivity index (χ4n) is 2.48. The number of aliphatic carboxylic acids is 1. The number of para-hydroxylation sites is 1. The lowest BCUT2D eigenvalue weighted by atomic mass is 10.2. The van der Waals surface area contributed by atoms with E-state index in [9.17, 15) is 9.59 Å². The van der Waals surface area contributed by atoms with E-state index in [-0.39, 0.29) is 0 Å². The quantitative estimate of drug-likeness (QED) is 0.857. The molecular formula is C17H19N3O3. The summed E-state index contributed by atoms with van der Waals surface area (Å²) in [7, 11) is 0. The molecule has 6 nitrogen and oxygen atoms in total. The zero-order valence-corrected chi connectivity index (χ0v) is 12.9. The maximum atomic E-state index is 12.5. The van der Waals surface area contributed by atoms with Crippen LogP contribution in [0.15, 0.2) is 36.4 Å². The summed E-state index contributed by atoms with van der Waals surface area (Å²) in [5, 5.41) is 16.2. The molecule has 1 heterocycles. The van der Waals surface area contributed by atoms with Gasteiger partial charge < -0.3 is 10.4 Å². The van der Waals surface area contributed by atoms with Crippen LogP contribution >= 0.6 is 0 Å². The Balaban J connectivity index is 1.94. The number of aromatic nitrogens is 2. The second kappa shape index (κ2) is 6.24. The zero-order chi connectivity index (χ0) is 16.4. The Kier molecular flexibility index (Phi) is 4.14. The summed E-state index contributed by atoms with van der Waals surface area (Å²) in [5.74, 6) is -1.04. The molecule has 1 aliphatic carbocycles. The molecule has 0 saturated heterocycles. The van der Waals surface area contributed by atoms with Gasteiger partial charge in [-0.1, -0.05) is 25.1 Å². The number of carboxylic acid groups (broad SMARTS) is 1. The molecule has 2 aromatic rings. The van der Waals surface area contributed by atoms with Gasteiger partial charge in [0.2, 0.25) is 0 Å². The standard InChI is InChI=1S/C17H19N3O3/c1-2-13(17(22)23)18-16(21)15-10-14(11-8-9-11)19-20(15)12-6-4-3-5-7-12/h3-7,10-11,13H,2,8-9H2,1H3,(H,18,21)(H,22,23). The van der Waals surface area contributed by atoms with Crippen LogP contribution in [0, 0.1) is 0 Å². The highest BCUT2D eigenvalue weighted by molar-refractivity contribution is 5.95. The number of hydrogen-bond donors (Lipinski definition) is 2. The van der Waals surface area contributed by atoms with Gasteiger partial charge in [-0.05, 0) is 37.5 Å². The maximum absolute atomic E-state index is 12.5. The summed E-state index contributed by atoms with van der Waals surface area (Å²) in [6.07, 6.45) is 2.50. The molecule has 1 amide bonds. The van der Waals surface area contributed by atoms with Gasteiger partial charge in [-0.3, -0.25) is 4.79 Å². The Morgan fingerprint density at radius 2 is 2.04 bits per heavy atom. The van der Waals surface area contributed by atoms with Gasteiger partial charge in [-0.2, -0.15) is 5.10 Å². The van der Waals surface area contributed by atoms with Gasteiger partial charge in [-0.25, -0.2) is 9.48 Å². The average molecular weight is 313 g/mol. The first kappa shape index (κ1) is 15.3. The summed E-state index contributed by atoms with van der Waals surface area (Å²) < 4.78 is 1.59. The number of nitrogens with zero attached hydrogens (tertiary/aromatic N) is 2. The molecular weight excluding hydrogens is 294 g/mol. The van der Waals surface area contributed by atoms with Crippen LogP contribution in [-0.2, 0) is 4.79 Å². The van der Waals surface area contributed by atoms with Crippen molar-refractivity contribution in [3.8, 4) is 5.69 Å². The van der Waals surface area contributed by atoms with Crippen molar-refractivity contribution < 1.29 is 14.7 Å². The summed E-state index contributed by atoms with van der Waals surface area (Å²) in [4.78, 5) is 23.7. The third kappa shape index (κ3) is 3.26. The Bertz CT molecular complexity index is 720. The lowest BCUT2D eigenvalue weighted by Gasteiger charge is -2.13. The number of benzene rings is 1. The number of nitrogens with one attached hydrogen (secondary N) is 1. The van der Waals surface area contributed by atoms with E-state index in [1.807, 2.05) is 30.3 Å². The van der Waals surface area contributed by atoms with E-state index in [0.717, 1.165) is 24.2 Å². The van der Waals surface area contributed by atoms with Crippen LogP contribution in [0.3, 0.4) is 0 Å². The first-order chi connectivity index (χ1) is 11.1. The number of amides is 1. The van der Waals surface area contributed by atoms with Crippen molar-refractivity contribution in [3.05, 3.63) is 47.8 Å². The van der Waals surface area contributed by atoms with Crippen molar-refractivity contribution in [1.82, 2.24) is 15.1 Å². The zero-order valence-electron chi connectivity index (χ0n) is 12.9. The number of carbonyl (C=O) groups excluding carboxylic acids is 1. The molecule has 1 aromatic carbocycles. The van der Waals surface area contributed by atoms with E-state index in [4.69, 9.17) is 5.11 Å². The van der Waals surface area contributed by atoms with Crippen LogP contribution in [0.25, 0.3) is 5.69 Å². The number of hydrogen-bond acceptors (Lipinski definition) is 3. The second-order valence-electron chi connectivity index (χ2n) is 5.75. The predicted octanol–water partition coefficient (Wildman–Crippen LogP) is 2.34. The second-order valence-corrected chi connectivity index (χ2v) is 5.75. The fourth-order valence-corrected chi connectivity index (χ4v) is 2.48. The van der Waals surface area contributed by atoms with Gasteiger partial charge in [-0.15, -0.1) is 0 Å². The summed E-state index contributed by atoms with van der Waals surface area (Å²) in [6, 6.07) is 10.3. The van der Waals surface area contributed by atoms with Gasteiger partial charge in [0.05, 0.1) is 11.4 Å². The van der Waals surface area contributed by atoms with E-state index in [1.54, 1.807) is 17.7 Å². The van der Waals surface area contributed by atoms with Crippen LogP contribution in [0.5, 0.6) is 0 Å². The Hall–Kier alpha value is -2.63. The van der Waals surface area contributed by atoms with Crippen molar-refractivity contribution in [1.29, 1.82) is 0 Å². The molecule has 1 atom stereocenters. The largest absolute Gasteiger partial charge is 0.480 e. The summed E-state index contributed by atoms with van der Waals surface area (Å²) >= 11 is 0. The molecule has 1 fully saturated rings.